The number of tetrazole rings is 1. The number of H-pyrrole nitrogens is 1. The maximum absolute atomic E-state index is 13.4. The Labute approximate surface area is 305 Å². The standard InChI is InChI=1S/C25H28N12O8S2.C2HF3O2/c1-25(2)20(23(39)37(25)45-47(40,41)42)31-22(38)19(16-11-46-24(26)30-16)34-44-17(21-32-35-36-33-21)10-43-14-4-5-15-12(7-14)3-6-18(29-15)28-13-8-27-9-13;3-2(4,5)1(6)7/h3-7,11,13,17,20,27H,8-10H2,1-2H3,(H2,26,30)(H,28,29)(H,31,38)(H,40,41,42)(H,32,33,35,36);(H,6,7)/b34-19-;/t17-,20+;/m0./s1. The Bertz CT molecular complexity index is 2150. The summed E-state index contributed by atoms with van der Waals surface area (Å²) >= 11 is 1.03. The molecule has 0 spiro atoms. The van der Waals surface area contributed by atoms with E-state index in [0.29, 0.717) is 16.9 Å². The second kappa shape index (κ2) is 15.7. The minimum absolute atomic E-state index is 0.0258. The first-order chi connectivity index (χ1) is 25.3. The first-order valence-electron chi connectivity index (χ1n) is 15.1. The number of rotatable bonds is 13. The summed E-state index contributed by atoms with van der Waals surface area (Å²) in [5.41, 5.74) is 4.82. The predicted octanol–water partition coefficient (Wildman–Crippen LogP) is 0.185. The number of aliphatic carboxylic acids is 1. The van der Waals surface area contributed by atoms with E-state index in [1.54, 1.807) is 12.1 Å². The zero-order valence-electron chi connectivity index (χ0n) is 27.6. The fraction of sp³-hybridized carbons (Fsp3) is 0.370. The molecule has 4 aromatic rings. The van der Waals surface area contributed by atoms with Gasteiger partial charge in [0.1, 0.15) is 29.9 Å². The van der Waals surface area contributed by atoms with Gasteiger partial charge >= 0.3 is 22.5 Å². The Hall–Kier alpha value is -5.77. The van der Waals surface area contributed by atoms with Gasteiger partial charge in [-0.15, -0.1) is 25.8 Å². The van der Waals surface area contributed by atoms with Gasteiger partial charge in [-0.3, -0.25) is 14.1 Å². The summed E-state index contributed by atoms with van der Waals surface area (Å²) in [6, 6.07) is 8.25. The summed E-state index contributed by atoms with van der Waals surface area (Å²) in [6.45, 7) is 4.43. The summed E-state index contributed by atoms with van der Waals surface area (Å²) in [5, 5.41) is 36.8. The number of hydrogen-bond acceptors (Lipinski definition) is 18. The molecule has 290 valence electrons. The van der Waals surface area contributed by atoms with E-state index in [0.717, 1.165) is 41.1 Å². The lowest BCUT2D eigenvalue weighted by atomic mass is 9.84. The van der Waals surface area contributed by atoms with Crippen molar-refractivity contribution in [3.8, 4) is 5.75 Å². The lowest BCUT2D eigenvalue weighted by molar-refractivity contribution is -0.218. The number of carbonyl (C=O) groups excluding carboxylic acids is 2. The molecule has 6 rings (SSSR count). The number of nitrogens with one attached hydrogen (secondary N) is 4. The number of thiazole rings is 1. The summed E-state index contributed by atoms with van der Waals surface area (Å²) in [4.78, 5) is 49.3. The number of hydroxylamine groups is 2. The van der Waals surface area contributed by atoms with Crippen LogP contribution in [0.5, 0.6) is 5.75 Å². The van der Waals surface area contributed by atoms with Crippen LogP contribution in [0.3, 0.4) is 0 Å². The maximum Gasteiger partial charge on any atom is 0.490 e. The van der Waals surface area contributed by atoms with Gasteiger partial charge in [0, 0.05) is 23.9 Å². The fourth-order valence-electron chi connectivity index (χ4n) is 4.64. The number of carboxylic acids is 1. The van der Waals surface area contributed by atoms with Crippen LogP contribution in [0.4, 0.5) is 24.1 Å². The molecule has 1 aromatic carbocycles. The quantitative estimate of drug-likeness (QED) is 0.0410. The van der Waals surface area contributed by atoms with Gasteiger partial charge in [-0.25, -0.2) is 14.8 Å². The second-order valence-electron chi connectivity index (χ2n) is 11.7. The van der Waals surface area contributed by atoms with Crippen molar-refractivity contribution < 1.29 is 59.5 Å². The highest BCUT2D eigenvalue weighted by Crippen LogP contribution is 2.33. The minimum Gasteiger partial charge on any atom is -0.489 e. The van der Waals surface area contributed by atoms with Crippen LogP contribution in [-0.4, -0.2) is 121 Å². The number of amides is 2. The molecule has 2 aliphatic rings. The van der Waals surface area contributed by atoms with E-state index in [9.17, 15) is 31.2 Å². The van der Waals surface area contributed by atoms with E-state index < -0.39 is 52.0 Å². The summed E-state index contributed by atoms with van der Waals surface area (Å²) < 4.78 is 73.4. The molecule has 0 aliphatic carbocycles. The second-order valence-corrected chi connectivity index (χ2v) is 13.6. The summed E-state index contributed by atoms with van der Waals surface area (Å²) in [5.74, 6) is -3.29. The predicted molar refractivity (Wildman–Crippen MR) is 178 cm³/mol. The molecule has 22 nitrogen and oxygen atoms in total. The molecule has 8 N–H and O–H groups in total. The van der Waals surface area contributed by atoms with Crippen LogP contribution >= 0.6 is 11.3 Å². The normalized spacial score (nSPS) is 17.7. The van der Waals surface area contributed by atoms with Crippen LogP contribution in [0.2, 0.25) is 0 Å². The van der Waals surface area contributed by atoms with Gasteiger partial charge in [0.05, 0.1) is 17.1 Å². The minimum atomic E-state index is -5.08. The third-order valence-corrected chi connectivity index (χ3v) is 8.47. The van der Waals surface area contributed by atoms with Crippen molar-refractivity contribution in [2.45, 2.75) is 43.8 Å². The number of oxime groups is 1. The molecule has 0 bridgehead atoms. The van der Waals surface area contributed by atoms with Crippen molar-refractivity contribution in [1.29, 1.82) is 0 Å². The molecule has 3 aromatic heterocycles. The van der Waals surface area contributed by atoms with Crippen LogP contribution in [-0.2, 0) is 33.9 Å². The molecular formula is C27H29F3N12O10S2. The third kappa shape index (κ3) is 9.60. The Morgan fingerprint density at radius 3 is 2.50 bits per heavy atom. The highest BCUT2D eigenvalue weighted by molar-refractivity contribution is 7.80. The molecule has 0 unspecified atom stereocenters. The van der Waals surface area contributed by atoms with Gasteiger partial charge in [0.2, 0.25) is 11.9 Å². The number of aromatic nitrogens is 6. The molecule has 54 heavy (non-hydrogen) atoms. The number of nitrogen functional groups attached to an aromatic ring is 1. The van der Waals surface area contributed by atoms with E-state index in [-0.39, 0.29) is 29.0 Å². The number of pyridine rings is 1. The Morgan fingerprint density at radius 2 is 1.94 bits per heavy atom. The zero-order valence-corrected chi connectivity index (χ0v) is 29.3. The van der Waals surface area contributed by atoms with Crippen molar-refractivity contribution in [1.82, 2.24) is 46.3 Å². The SMILES string of the molecule is CC1(C)[C@H](NC(=O)/C(=N\O[C@@H](COc2ccc3nc(NC4CNC4)ccc3c2)c2nn[nH]n2)c2csc(N)n2)C(=O)N1OS(=O)(=O)O.O=C(O)C(F)(F)F. The molecule has 0 radical (unpaired) electrons. The number of ether oxygens (including phenoxy) is 1. The summed E-state index contributed by atoms with van der Waals surface area (Å²) in [6.07, 6.45) is -6.16. The van der Waals surface area contributed by atoms with E-state index >= 15 is 0 Å². The smallest absolute Gasteiger partial charge is 0.489 e. The van der Waals surface area contributed by atoms with Crippen molar-refractivity contribution in [2.75, 3.05) is 30.7 Å². The monoisotopic (exact) mass is 802 g/mol. The van der Waals surface area contributed by atoms with E-state index in [1.807, 2.05) is 18.2 Å². The number of carboxylic acid groups (broad SMARTS) is 1. The molecular weight excluding hydrogens is 773 g/mol. The van der Waals surface area contributed by atoms with Crippen LogP contribution in [0.1, 0.15) is 31.5 Å². The number of β-lactam (4-membered cyclic amide) rings is 1. The van der Waals surface area contributed by atoms with Crippen LogP contribution in [0.15, 0.2) is 40.9 Å². The first-order valence-corrected chi connectivity index (χ1v) is 17.4. The number of alkyl halides is 3. The first kappa shape index (κ1) is 39.4. The van der Waals surface area contributed by atoms with Gasteiger partial charge in [-0.1, -0.05) is 10.4 Å². The molecule has 27 heteroatoms. The molecule has 2 saturated heterocycles. The van der Waals surface area contributed by atoms with Crippen molar-refractivity contribution >= 4 is 67.1 Å². The number of aromatic amines is 1. The molecule has 2 aliphatic heterocycles. The molecule has 2 fully saturated rings. The maximum atomic E-state index is 13.4. The zero-order chi connectivity index (χ0) is 39.4. The largest absolute Gasteiger partial charge is 0.490 e. The van der Waals surface area contributed by atoms with E-state index in [2.05, 4.69) is 56.0 Å². The number of carbonyl (C=O) groups is 3. The van der Waals surface area contributed by atoms with Crippen molar-refractivity contribution in [3.63, 3.8) is 0 Å². The summed E-state index contributed by atoms with van der Waals surface area (Å²) in [7, 11) is -4.99. The molecule has 0 saturated carbocycles. The van der Waals surface area contributed by atoms with Crippen LogP contribution in [0, 0.1) is 0 Å². The topological polar surface area (TPSA) is 311 Å². The molecule has 5 heterocycles. The number of anilines is 2. The number of halogens is 3. The van der Waals surface area contributed by atoms with Crippen LogP contribution < -0.4 is 26.4 Å². The van der Waals surface area contributed by atoms with Gasteiger partial charge in [0.15, 0.2) is 10.8 Å². The van der Waals surface area contributed by atoms with Gasteiger partial charge < -0.3 is 36.4 Å². The van der Waals surface area contributed by atoms with E-state index in [4.69, 9.17) is 29.8 Å². The van der Waals surface area contributed by atoms with Gasteiger partial charge in [-0.2, -0.15) is 31.9 Å². The van der Waals surface area contributed by atoms with Crippen molar-refractivity contribution in [2.24, 2.45) is 5.16 Å². The number of benzene rings is 1. The third-order valence-electron chi connectivity index (χ3n) is 7.46. The lowest BCUT2D eigenvalue weighted by Gasteiger charge is -2.50. The highest BCUT2D eigenvalue weighted by atomic mass is 32.3. The average molecular weight is 803 g/mol. The van der Waals surface area contributed by atoms with Crippen LogP contribution in [0.25, 0.3) is 10.9 Å². The van der Waals surface area contributed by atoms with E-state index in [1.165, 1.54) is 19.2 Å². The Morgan fingerprint density at radius 1 is 1.22 bits per heavy atom. The number of hydrogen-bond donors (Lipinski definition) is 7. The molecule has 2 atom stereocenters. The van der Waals surface area contributed by atoms with Gasteiger partial charge in [0.25, 0.3) is 11.8 Å². The van der Waals surface area contributed by atoms with Gasteiger partial charge in [-0.05, 0) is 44.2 Å². The molecule has 2 amide bonds. The Kier molecular flexibility index (Phi) is 11.5. The average Bonchev–Trinajstić information content (AvgIpc) is 3.77. The van der Waals surface area contributed by atoms with Crippen molar-refractivity contribution in [3.05, 3.63) is 47.2 Å². The fourth-order valence-corrected chi connectivity index (χ4v) is 5.64. The highest BCUT2D eigenvalue weighted by Gasteiger charge is 2.58. The lowest BCUT2D eigenvalue weighted by Crippen LogP contribution is -2.76. The number of nitrogens with two attached hydrogens (primary N) is 1. The number of fused-ring (bicyclic) bond motifs is 1. The Balaban J connectivity index is 0.000000730. The number of nitrogens with zero attached hydrogens (tertiary/aromatic N) is 7.